The lowest BCUT2D eigenvalue weighted by Crippen LogP contribution is -2.41. The van der Waals surface area contributed by atoms with Gasteiger partial charge in [0.05, 0.1) is 6.04 Å². The van der Waals surface area contributed by atoms with Crippen molar-refractivity contribution in [2.24, 2.45) is 5.73 Å². The molecule has 0 aromatic carbocycles. The summed E-state index contributed by atoms with van der Waals surface area (Å²) in [5.41, 5.74) is 7.04. The molecular weight excluding hydrogens is 200 g/mol. The number of fused-ring (bicyclic) bond motifs is 1. The largest absolute Gasteiger partial charge is 0.376 e. The Morgan fingerprint density at radius 1 is 1.77 bits per heavy atom. The Morgan fingerprint density at radius 3 is 3.23 bits per heavy atom. The fourth-order valence-electron chi connectivity index (χ4n) is 1.81. The van der Waals surface area contributed by atoms with Crippen molar-refractivity contribution >= 4 is 28.7 Å². The monoisotopic (exact) mass is 212 g/mol. The average molecular weight is 212 g/mol. The van der Waals surface area contributed by atoms with Gasteiger partial charge in [0.2, 0.25) is 0 Å². The van der Waals surface area contributed by atoms with E-state index in [9.17, 15) is 0 Å². The zero-order valence-corrected chi connectivity index (χ0v) is 9.12. The van der Waals surface area contributed by atoms with E-state index in [1.54, 1.807) is 0 Å². The fourth-order valence-corrected chi connectivity index (χ4v) is 3.02. The Kier molecular flexibility index (Phi) is 2.26. The van der Waals surface area contributed by atoms with Gasteiger partial charge in [-0.2, -0.15) is 0 Å². The van der Waals surface area contributed by atoms with Gasteiger partial charge in [0, 0.05) is 11.4 Å². The molecule has 1 aromatic heterocycles. The highest BCUT2D eigenvalue weighted by Crippen LogP contribution is 2.32. The first-order chi connectivity index (χ1) is 6.20. The van der Waals surface area contributed by atoms with E-state index in [0.29, 0.717) is 11.2 Å². The topological polar surface area (TPSA) is 29.3 Å². The Hall–Kier alpha value is -0.610. The van der Waals surface area contributed by atoms with Crippen LogP contribution in [0.25, 0.3) is 0 Å². The van der Waals surface area contributed by atoms with E-state index < -0.39 is 0 Å². The second-order valence-electron chi connectivity index (χ2n) is 3.26. The predicted octanol–water partition coefficient (Wildman–Crippen LogP) is 1.91. The van der Waals surface area contributed by atoms with E-state index in [1.807, 2.05) is 11.3 Å². The molecule has 1 unspecified atom stereocenters. The number of nitrogens with zero attached hydrogens (tertiary/aromatic N) is 1. The van der Waals surface area contributed by atoms with Crippen LogP contribution in [0.4, 0.5) is 0 Å². The molecule has 2 heterocycles. The number of hydrogen-bond acceptors (Lipinski definition) is 2. The van der Waals surface area contributed by atoms with E-state index in [2.05, 4.69) is 23.3 Å². The molecule has 0 amide bonds. The van der Waals surface area contributed by atoms with Gasteiger partial charge in [0.15, 0.2) is 5.11 Å². The maximum Gasteiger partial charge on any atom is 0.166 e. The number of rotatable bonds is 0. The normalized spacial score (nSPS) is 21.3. The highest BCUT2D eigenvalue weighted by atomic mass is 32.1. The summed E-state index contributed by atoms with van der Waals surface area (Å²) in [5, 5.41) is 2.66. The average Bonchev–Trinajstić information content (AvgIpc) is 2.52. The van der Waals surface area contributed by atoms with Gasteiger partial charge in [0.25, 0.3) is 0 Å². The second kappa shape index (κ2) is 3.27. The molecule has 2 rings (SSSR count). The molecule has 2 nitrogen and oxygen atoms in total. The number of thiocarbonyl (C=S) groups is 1. The van der Waals surface area contributed by atoms with Gasteiger partial charge in [-0.05, 0) is 42.6 Å². The Morgan fingerprint density at radius 2 is 2.54 bits per heavy atom. The van der Waals surface area contributed by atoms with Crippen molar-refractivity contribution in [1.82, 2.24) is 4.90 Å². The van der Waals surface area contributed by atoms with Crippen LogP contribution in [0, 0.1) is 0 Å². The molecule has 0 saturated carbocycles. The quantitative estimate of drug-likeness (QED) is 0.666. The van der Waals surface area contributed by atoms with Crippen molar-refractivity contribution in [3.05, 3.63) is 21.9 Å². The third kappa shape index (κ3) is 1.44. The van der Waals surface area contributed by atoms with E-state index in [0.717, 1.165) is 13.0 Å². The first-order valence-electron chi connectivity index (χ1n) is 4.32. The summed E-state index contributed by atoms with van der Waals surface area (Å²) in [6.07, 6.45) is 1.08. The molecule has 4 heteroatoms. The first-order valence-corrected chi connectivity index (χ1v) is 5.61. The van der Waals surface area contributed by atoms with Crippen LogP contribution in [0.1, 0.15) is 23.4 Å². The third-order valence-corrected chi connectivity index (χ3v) is 3.79. The van der Waals surface area contributed by atoms with Gasteiger partial charge in [-0.15, -0.1) is 11.3 Å². The highest BCUT2D eigenvalue weighted by Gasteiger charge is 2.24. The van der Waals surface area contributed by atoms with Crippen molar-refractivity contribution in [3.63, 3.8) is 0 Å². The Labute approximate surface area is 87.3 Å². The minimum absolute atomic E-state index is 0.354. The van der Waals surface area contributed by atoms with Crippen LogP contribution in [0.5, 0.6) is 0 Å². The van der Waals surface area contributed by atoms with E-state index in [1.165, 1.54) is 10.4 Å². The standard InChI is InChI=1S/C9H12N2S2/c1-6-7-3-5-13-8(7)2-4-11(6)9(10)12/h3,5-6H,2,4H2,1H3,(H2,10,12). The molecule has 70 valence electrons. The molecule has 1 aromatic rings. The summed E-state index contributed by atoms with van der Waals surface area (Å²) >= 11 is 6.83. The molecule has 0 aliphatic carbocycles. The van der Waals surface area contributed by atoms with Crippen LogP contribution in [0.15, 0.2) is 11.4 Å². The number of nitrogens with two attached hydrogens (primary N) is 1. The predicted molar refractivity (Wildman–Crippen MR) is 59.9 cm³/mol. The van der Waals surface area contributed by atoms with Crippen molar-refractivity contribution < 1.29 is 0 Å². The highest BCUT2D eigenvalue weighted by molar-refractivity contribution is 7.80. The van der Waals surface area contributed by atoms with Gasteiger partial charge < -0.3 is 10.6 Å². The van der Waals surface area contributed by atoms with Crippen LogP contribution in [0.2, 0.25) is 0 Å². The van der Waals surface area contributed by atoms with Crippen LogP contribution < -0.4 is 5.73 Å². The molecule has 0 fully saturated rings. The third-order valence-electron chi connectivity index (χ3n) is 2.56. The van der Waals surface area contributed by atoms with E-state index in [4.69, 9.17) is 18.0 Å². The minimum Gasteiger partial charge on any atom is -0.376 e. The zero-order valence-electron chi connectivity index (χ0n) is 7.49. The zero-order chi connectivity index (χ0) is 9.42. The lowest BCUT2D eigenvalue weighted by atomic mass is 10.0. The minimum atomic E-state index is 0.354. The number of hydrogen-bond donors (Lipinski definition) is 1. The summed E-state index contributed by atoms with van der Waals surface area (Å²) in [4.78, 5) is 3.57. The lowest BCUT2D eigenvalue weighted by Gasteiger charge is -2.33. The SMILES string of the molecule is CC1c2ccsc2CCN1C(N)=S. The molecule has 1 aliphatic rings. The number of thiophene rings is 1. The lowest BCUT2D eigenvalue weighted by molar-refractivity contribution is 0.324. The van der Waals surface area contributed by atoms with Crippen LogP contribution in [-0.2, 0) is 6.42 Å². The molecule has 13 heavy (non-hydrogen) atoms. The molecule has 1 aliphatic heterocycles. The van der Waals surface area contributed by atoms with E-state index in [-0.39, 0.29) is 0 Å². The van der Waals surface area contributed by atoms with E-state index >= 15 is 0 Å². The maximum absolute atomic E-state index is 5.64. The first kappa shape index (κ1) is 8.97. The fraction of sp³-hybridized carbons (Fsp3) is 0.444. The Bertz CT molecular complexity index is 332. The Balaban J connectivity index is 2.32. The van der Waals surface area contributed by atoms with Gasteiger partial charge >= 0.3 is 0 Å². The summed E-state index contributed by atoms with van der Waals surface area (Å²) in [6.45, 7) is 3.12. The van der Waals surface area contributed by atoms with Crippen molar-refractivity contribution in [2.75, 3.05) is 6.54 Å². The summed E-state index contributed by atoms with van der Waals surface area (Å²) in [6, 6.07) is 2.53. The summed E-state index contributed by atoms with van der Waals surface area (Å²) in [7, 11) is 0. The van der Waals surface area contributed by atoms with Crippen molar-refractivity contribution in [2.45, 2.75) is 19.4 Å². The molecule has 0 saturated heterocycles. The van der Waals surface area contributed by atoms with Crippen LogP contribution in [-0.4, -0.2) is 16.6 Å². The molecule has 0 bridgehead atoms. The van der Waals surface area contributed by atoms with Gasteiger partial charge in [-0.25, -0.2) is 0 Å². The smallest absolute Gasteiger partial charge is 0.166 e. The van der Waals surface area contributed by atoms with Crippen molar-refractivity contribution in [1.29, 1.82) is 0 Å². The van der Waals surface area contributed by atoms with Gasteiger partial charge in [-0.1, -0.05) is 0 Å². The summed E-state index contributed by atoms with van der Waals surface area (Å²) in [5.74, 6) is 0. The van der Waals surface area contributed by atoms with Crippen LogP contribution in [0.3, 0.4) is 0 Å². The molecular formula is C9H12N2S2. The molecule has 1 atom stereocenters. The second-order valence-corrected chi connectivity index (χ2v) is 4.68. The molecule has 0 radical (unpaired) electrons. The maximum atomic E-state index is 5.64. The molecule has 2 N–H and O–H groups in total. The van der Waals surface area contributed by atoms with Gasteiger partial charge in [0.1, 0.15) is 0 Å². The molecule has 0 spiro atoms. The van der Waals surface area contributed by atoms with Gasteiger partial charge in [-0.3, -0.25) is 0 Å². The van der Waals surface area contributed by atoms with Crippen LogP contribution >= 0.6 is 23.6 Å². The van der Waals surface area contributed by atoms with Crippen molar-refractivity contribution in [3.8, 4) is 0 Å². The summed E-state index contributed by atoms with van der Waals surface area (Å²) < 4.78 is 0.